The van der Waals surface area contributed by atoms with Gasteiger partial charge in [-0.3, -0.25) is 4.79 Å². The molecular formula is C21H27N3O2. The molecule has 138 valence electrons. The maximum Gasteiger partial charge on any atom is 0.249 e. The predicted molar refractivity (Wildman–Crippen MR) is 99.4 cm³/mol. The quantitative estimate of drug-likeness (QED) is 0.783. The fourth-order valence-corrected chi connectivity index (χ4v) is 4.36. The van der Waals surface area contributed by atoms with E-state index in [2.05, 4.69) is 10.1 Å². The minimum Gasteiger partial charge on any atom is -0.337 e. The first-order valence-corrected chi connectivity index (χ1v) is 9.91. The van der Waals surface area contributed by atoms with Crippen molar-refractivity contribution in [3.8, 4) is 11.4 Å². The van der Waals surface area contributed by atoms with Crippen LogP contribution in [0.25, 0.3) is 11.4 Å². The van der Waals surface area contributed by atoms with Gasteiger partial charge in [0.2, 0.25) is 17.6 Å². The van der Waals surface area contributed by atoms with Crippen LogP contribution in [0.4, 0.5) is 0 Å². The standard InChI is InChI=1S/C21H27N3O2/c1-15-6-4-9-17(14-15)20-22-21(26-23-20)18-10-5-13-24(18)19(25)12-11-16-7-2-3-8-16/h4,6,9,14,16,18H,2-3,5,7-8,10-13H2,1H3/t18-/m0/s1. The lowest BCUT2D eigenvalue weighted by Crippen LogP contribution is -2.30. The van der Waals surface area contributed by atoms with Crippen LogP contribution in [-0.2, 0) is 4.79 Å². The molecule has 1 aliphatic heterocycles. The van der Waals surface area contributed by atoms with Crippen molar-refractivity contribution in [1.82, 2.24) is 15.0 Å². The van der Waals surface area contributed by atoms with Gasteiger partial charge in [0.1, 0.15) is 6.04 Å². The van der Waals surface area contributed by atoms with Crippen molar-refractivity contribution in [1.29, 1.82) is 0 Å². The Bertz CT molecular complexity index is 764. The summed E-state index contributed by atoms with van der Waals surface area (Å²) in [6.45, 7) is 2.85. The molecule has 2 aromatic rings. The minimum absolute atomic E-state index is 0.0582. The third-order valence-electron chi connectivity index (χ3n) is 5.82. The van der Waals surface area contributed by atoms with Crippen LogP contribution in [-0.4, -0.2) is 27.5 Å². The summed E-state index contributed by atoms with van der Waals surface area (Å²) in [6.07, 6.45) is 8.83. The van der Waals surface area contributed by atoms with Crippen LogP contribution < -0.4 is 0 Å². The van der Waals surface area contributed by atoms with Gasteiger partial charge >= 0.3 is 0 Å². The van der Waals surface area contributed by atoms with Crippen LogP contribution in [0.1, 0.15) is 68.9 Å². The highest BCUT2D eigenvalue weighted by molar-refractivity contribution is 5.77. The molecule has 0 unspecified atom stereocenters. The molecule has 2 aliphatic rings. The van der Waals surface area contributed by atoms with Gasteiger partial charge < -0.3 is 9.42 Å². The van der Waals surface area contributed by atoms with E-state index >= 15 is 0 Å². The van der Waals surface area contributed by atoms with Crippen LogP contribution >= 0.6 is 0 Å². The summed E-state index contributed by atoms with van der Waals surface area (Å²) >= 11 is 0. The third kappa shape index (κ3) is 3.67. The maximum absolute atomic E-state index is 12.7. The van der Waals surface area contributed by atoms with E-state index in [4.69, 9.17) is 4.52 Å². The van der Waals surface area contributed by atoms with E-state index in [0.717, 1.165) is 37.3 Å². The van der Waals surface area contributed by atoms with Crippen molar-refractivity contribution < 1.29 is 9.32 Å². The van der Waals surface area contributed by atoms with E-state index in [-0.39, 0.29) is 11.9 Å². The summed E-state index contributed by atoms with van der Waals surface area (Å²) < 4.78 is 5.55. The van der Waals surface area contributed by atoms with Gasteiger partial charge in [-0.1, -0.05) is 54.6 Å². The number of nitrogens with zero attached hydrogens (tertiary/aromatic N) is 3. The number of hydrogen-bond acceptors (Lipinski definition) is 4. The van der Waals surface area contributed by atoms with Crippen molar-refractivity contribution in [2.75, 3.05) is 6.54 Å². The summed E-state index contributed by atoms with van der Waals surface area (Å²) in [5.41, 5.74) is 2.12. The van der Waals surface area contributed by atoms with Crippen LogP contribution in [0.3, 0.4) is 0 Å². The molecule has 5 nitrogen and oxygen atoms in total. The molecule has 1 saturated carbocycles. The lowest BCUT2D eigenvalue weighted by atomic mass is 10.0. The Morgan fingerprint density at radius 2 is 2.08 bits per heavy atom. The number of carbonyl (C=O) groups is 1. The molecule has 0 radical (unpaired) electrons. The summed E-state index contributed by atoms with van der Waals surface area (Å²) in [6, 6.07) is 8.02. The van der Waals surface area contributed by atoms with Gasteiger partial charge in [0.15, 0.2) is 0 Å². The number of aromatic nitrogens is 2. The number of amides is 1. The first-order valence-electron chi connectivity index (χ1n) is 9.91. The largest absolute Gasteiger partial charge is 0.337 e. The summed E-state index contributed by atoms with van der Waals surface area (Å²) in [5, 5.41) is 4.15. The summed E-state index contributed by atoms with van der Waals surface area (Å²) in [5.74, 6) is 2.17. The average molecular weight is 353 g/mol. The van der Waals surface area contributed by atoms with Crippen molar-refractivity contribution in [3.63, 3.8) is 0 Å². The van der Waals surface area contributed by atoms with Gasteiger partial charge in [-0.25, -0.2) is 0 Å². The second-order valence-electron chi connectivity index (χ2n) is 7.76. The number of aryl methyl sites for hydroxylation is 1. The van der Waals surface area contributed by atoms with Crippen LogP contribution in [0, 0.1) is 12.8 Å². The van der Waals surface area contributed by atoms with E-state index in [9.17, 15) is 4.79 Å². The van der Waals surface area contributed by atoms with Gasteiger partial charge in [0, 0.05) is 18.5 Å². The van der Waals surface area contributed by atoms with Crippen molar-refractivity contribution in [2.45, 2.75) is 64.3 Å². The zero-order valence-electron chi connectivity index (χ0n) is 15.5. The molecule has 5 heteroatoms. The van der Waals surface area contributed by atoms with Crippen molar-refractivity contribution in [3.05, 3.63) is 35.7 Å². The molecule has 2 heterocycles. The van der Waals surface area contributed by atoms with Crippen LogP contribution in [0.15, 0.2) is 28.8 Å². The van der Waals surface area contributed by atoms with E-state index < -0.39 is 0 Å². The van der Waals surface area contributed by atoms with Crippen LogP contribution in [0.5, 0.6) is 0 Å². The highest BCUT2D eigenvalue weighted by Crippen LogP contribution is 2.34. The Hall–Kier alpha value is -2.17. The van der Waals surface area contributed by atoms with Crippen molar-refractivity contribution >= 4 is 5.91 Å². The number of benzene rings is 1. The van der Waals surface area contributed by atoms with Gasteiger partial charge in [-0.2, -0.15) is 4.98 Å². The highest BCUT2D eigenvalue weighted by Gasteiger charge is 2.34. The van der Waals surface area contributed by atoms with E-state index in [1.165, 1.54) is 31.2 Å². The fraction of sp³-hybridized carbons (Fsp3) is 0.571. The molecule has 1 aliphatic carbocycles. The Morgan fingerprint density at radius 3 is 2.88 bits per heavy atom. The lowest BCUT2D eigenvalue weighted by molar-refractivity contribution is -0.132. The average Bonchev–Trinajstić information content (AvgIpc) is 3.40. The van der Waals surface area contributed by atoms with Gasteiger partial charge in [0.05, 0.1) is 0 Å². The van der Waals surface area contributed by atoms with E-state index in [1.807, 2.05) is 36.1 Å². The highest BCUT2D eigenvalue weighted by atomic mass is 16.5. The molecule has 0 bridgehead atoms. The zero-order chi connectivity index (χ0) is 17.9. The number of carbonyl (C=O) groups excluding carboxylic acids is 1. The molecular weight excluding hydrogens is 326 g/mol. The smallest absolute Gasteiger partial charge is 0.249 e. The molecule has 1 aromatic carbocycles. The topological polar surface area (TPSA) is 59.2 Å². The van der Waals surface area contributed by atoms with Crippen LogP contribution in [0.2, 0.25) is 0 Å². The number of hydrogen-bond donors (Lipinski definition) is 0. The first-order chi connectivity index (χ1) is 12.7. The Labute approximate surface area is 154 Å². The first kappa shape index (κ1) is 17.3. The summed E-state index contributed by atoms with van der Waals surface area (Å²) in [4.78, 5) is 19.3. The molecule has 1 amide bonds. The second-order valence-corrected chi connectivity index (χ2v) is 7.76. The fourth-order valence-electron chi connectivity index (χ4n) is 4.36. The van der Waals surface area contributed by atoms with E-state index in [1.54, 1.807) is 0 Å². The predicted octanol–water partition coefficient (Wildman–Crippen LogP) is 4.68. The molecule has 26 heavy (non-hydrogen) atoms. The van der Waals surface area contributed by atoms with Gasteiger partial charge in [-0.05, 0) is 38.2 Å². The number of rotatable bonds is 5. The molecule has 1 aromatic heterocycles. The number of likely N-dealkylation sites (tertiary alicyclic amines) is 1. The Kier molecular flexibility index (Phi) is 5.05. The summed E-state index contributed by atoms with van der Waals surface area (Å²) in [7, 11) is 0. The molecule has 1 saturated heterocycles. The molecule has 0 spiro atoms. The molecule has 0 N–H and O–H groups in total. The van der Waals surface area contributed by atoms with E-state index in [0.29, 0.717) is 18.1 Å². The molecule has 2 fully saturated rings. The Morgan fingerprint density at radius 1 is 1.23 bits per heavy atom. The molecule has 4 rings (SSSR count). The van der Waals surface area contributed by atoms with Gasteiger partial charge in [-0.15, -0.1) is 0 Å². The van der Waals surface area contributed by atoms with Crippen molar-refractivity contribution in [2.24, 2.45) is 5.92 Å². The second kappa shape index (κ2) is 7.60. The Balaban J connectivity index is 1.43. The maximum atomic E-state index is 12.7. The lowest BCUT2D eigenvalue weighted by Gasteiger charge is -2.22. The zero-order valence-corrected chi connectivity index (χ0v) is 15.5. The SMILES string of the molecule is Cc1cccc(-c2noc([C@@H]3CCCN3C(=O)CCC3CCCC3)n2)c1. The third-order valence-corrected chi connectivity index (χ3v) is 5.82. The normalized spacial score (nSPS) is 20.8. The molecule has 1 atom stereocenters. The van der Waals surface area contributed by atoms with Gasteiger partial charge in [0.25, 0.3) is 0 Å². The minimum atomic E-state index is -0.0582. The monoisotopic (exact) mass is 353 g/mol.